The van der Waals surface area contributed by atoms with E-state index < -0.39 is 4.92 Å². The summed E-state index contributed by atoms with van der Waals surface area (Å²) in [5, 5.41) is 10.5. The van der Waals surface area contributed by atoms with Crippen molar-refractivity contribution in [3.8, 4) is 0 Å². The summed E-state index contributed by atoms with van der Waals surface area (Å²) in [4.78, 5) is 21.9. The topological polar surface area (TPSA) is 86.5 Å². The van der Waals surface area contributed by atoms with Crippen LogP contribution < -0.4 is 0 Å². The van der Waals surface area contributed by atoms with E-state index in [1.807, 2.05) is 6.07 Å². The van der Waals surface area contributed by atoms with Crippen LogP contribution in [0.4, 0.5) is 5.69 Å². The predicted octanol–water partition coefficient (Wildman–Crippen LogP) is 3.74. The molecule has 8 heteroatoms. The van der Waals surface area contributed by atoms with Crippen molar-refractivity contribution in [2.75, 3.05) is 34.3 Å². The first-order valence-corrected chi connectivity index (χ1v) is 8.57. The fraction of sp³-hybridized carbons (Fsp3) is 0.278. The molecule has 0 unspecified atom stereocenters. The zero-order valence-electron chi connectivity index (χ0n) is 15.0. The highest BCUT2D eigenvalue weighted by atomic mass is 31.1. The summed E-state index contributed by atoms with van der Waals surface area (Å²) in [6, 6.07) is 14.4. The highest BCUT2D eigenvalue weighted by molar-refractivity contribution is 7.17. The number of ketones is 1. The third-order valence-corrected chi connectivity index (χ3v) is 3.57. The lowest BCUT2D eigenvalue weighted by Gasteiger charge is -2.22. The van der Waals surface area contributed by atoms with Gasteiger partial charge in [-0.2, -0.15) is 0 Å². The van der Waals surface area contributed by atoms with Crippen molar-refractivity contribution in [1.82, 2.24) is 0 Å². The Bertz CT molecular complexity index is 727. The van der Waals surface area contributed by atoms with E-state index in [1.54, 1.807) is 24.3 Å². The lowest BCUT2D eigenvalue weighted by molar-refractivity contribution is -0.870. The van der Waals surface area contributed by atoms with E-state index in [1.165, 1.54) is 24.3 Å². The van der Waals surface area contributed by atoms with Crippen LogP contribution in [0.15, 0.2) is 54.6 Å². The SMILES string of the molecule is C[N+](C)(C)CCOP=O.O=C(c1ccccc1)c1ccc([N+](=O)[O-])cc1. The van der Waals surface area contributed by atoms with Crippen LogP contribution in [-0.4, -0.2) is 49.5 Å². The summed E-state index contributed by atoms with van der Waals surface area (Å²) >= 11 is 0. The molecular formula is C18H22N2O5P+. The third-order valence-electron chi connectivity index (χ3n) is 3.28. The van der Waals surface area contributed by atoms with Gasteiger partial charge in [0.15, 0.2) is 5.78 Å². The quantitative estimate of drug-likeness (QED) is 0.183. The number of benzene rings is 2. The molecule has 0 atom stereocenters. The minimum absolute atomic E-state index is 0.0189. The number of quaternary nitrogens is 1. The van der Waals surface area contributed by atoms with Gasteiger partial charge in [-0.3, -0.25) is 19.4 Å². The predicted molar refractivity (Wildman–Crippen MR) is 99.4 cm³/mol. The van der Waals surface area contributed by atoms with E-state index in [0.717, 1.165) is 11.0 Å². The maximum Gasteiger partial charge on any atom is 0.327 e. The van der Waals surface area contributed by atoms with E-state index in [4.69, 9.17) is 0 Å². The molecule has 7 nitrogen and oxygen atoms in total. The standard InChI is InChI=1S/C13H9NO3.C5H13NO2P/c15-13(10-4-2-1-3-5-10)11-6-8-12(9-7-11)14(16)17;1-6(2,3)4-5-8-9-7/h1-9H;4-5H2,1-3H3/q;+1. The van der Waals surface area contributed by atoms with Crippen LogP contribution >= 0.6 is 8.69 Å². The number of nitro groups is 1. The van der Waals surface area contributed by atoms with Crippen molar-refractivity contribution in [2.45, 2.75) is 0 Å². The Morgan fingerprint density at radius 1 is 1.04 bits per heavy atom. The van der Waals surface area contributed by atoms with Gasteiger partial charge in [0.1, 0.15) is 13.2 Å². The second-order valence-corrected chi connectivity index (χ2v) is 6.83. The third kappa shape index (κ3) is 8.07. The van der Waals surface area contributed by atoms with Gasteiger partial charge in [0.25, 0.3) is 5.69 Å². The van der Waals surface area contributed by atoms with Crippen LogP contribution in [-0.2, 0) is 9.09 Å². The molecule has 2 rings (SSSR count). The van der Waals surface area contributed by atoms with Crippen LogP contribution in [0.2, 0.25) is 0 Å². The lowest BCUT2D eigenvalue weighted by Crippen LogP contribution is -2.37. The smallest absolute Gasteiger partial charge is 0.327 e. The average molecular weight is 377 g/mol. The molecule has 0 saturated heterocycles. The van der Waals surface area contributed by atoms with Crippen LogP contribution in [0, 0.1) is 10.1 Å². The monoisotopic (exact) mass is 377 g/mol. The van der Waals surface area contributed by atoms with Gasteiger partial charge >= 0.3 is 8.69 Å². The van der Waals surface area contributed by atoms with Gasteiger partial charge in [-0.05, 0) is 12.1 Å². The fourth-order valence-electron chi connectivity index (χ4n) is 1.84. The maximum absolute atomic E-state index is 12.0. The van der Waals surface area contributed by atoms with Gasteiger partial charge in [-0.15, -0.1) is 0 Å². The van der Waals surface area contributed by atoms with Crippen LogP contribution in [0.5, 0.6) is 0 Å². The molecule has 0 radical (unpaired) electrons. The molecule has 0 N–H and O–H groups in total. The van der Waals surface area contributed by atoms with Gasteiger partial charge in [0.2, 0.25) is 0 Å². The number of nitro benzene ring substituents is 1. The normalized spacial score (nSPS) is 10.7. The summed E-state index contributed by atoms with van der Waals surface area (Å²) in [5.74, 6) is -0.138. The number of carbonyl (C=O) groups excluding carboxylic acids is 1. The van der Waals surface area contributed by atoms with Crippen molar-refractivity contribution in [1.29, 1.82) is 0 Å². The van der Waals surface area contributed by atoms with Crippen molar-refractivity contribution in [3.63, 3.8) is 0 Å². The molecular weight excluding hydrogens is 355 g/mol. The number of nitrogens with zero attached hydrogens (tertiary/aromatic N) is 2. The number of likely N-dealkylation sites (N-methyl/N-ethyl adjacent to an activating group) is 1. The number of rotatable bonds is 7. The molecule has 0 aromatic heterocycles. The largest absolute Gasteiger partial charge is 0.329 e. The second-order valence-electron chi connectivity index (χ2n) is 6.42. The maximum atomic E-state index is 12.0. The van der Waals surface area contributed by atoms with E-state index in [-0.39, 0.29) is 20.2 Å². The molecule has 0 fully saturated rings. The number of carbonyl (C=O) groups is 1. The molecule has 138 valence electrons. The van der Waals surface area contributed by atoms with E-state index in [2.05, 4.69) is 25.7 Å². The fourth-order valence-corrected chi connectivity index (χ4v) is 2.00. The molecule has 0 saturated carbocycles. The highest BCUT2D eigenvalue weighted by Gasteiger charge is 2.10. The summed E-state index contributed by atoms with van der Waals surface area (Å²) in [5.41, 5.74) is 0.998. The first-order valence-electron chi connectivity index (χ1n) is 7.84. The van der Waals surface area contributed by atoms with Gasteiger partial charge < -0.3 is 4.48 Å². The zero-order valence-corrected chi connectivity index (χ0v) is 15.9. The Labute approximate surface area is 154 Å². The molecule has 0 bridgehead atoms. The number of hydrogen-bond acceptors (Lipinski definition) is 5. The van der Waals surface area contributed by atoms with Crippen molar-refractivity contribution in [3.05, 3.63) is 75.8 Å². The molecule has 0 aliphatic rings. The lowest BCUT2D eigenvalue weighted by atomic mass is 10.0. The van der Waals surface area contributed by atoms with Crippen LogP contribution in [0.3, 0.4) is 0 Å². The van der Waals surface area contributed by atoms with Crippen LogP contribution in [0.1, 0.15) is 15.9 Å². The van der Waals surface area contributed by atoms with E-state index in [9.17, 15) is 19.5 Å². The Hall–Kier alpha value is -2.47. The van der Waals surface area contributed by atoms with E-state index in [0.29, 0.717) is 17.7 Å². The zero-order chi connectivity index (χ0) is 19.6. The molecule has 2 aromatic rings. The number of hydrogen-bond donors (Lipinski definition) is 0. The van der Waals surface area contributed by atoms with Gasteiger partial charge in [0.05, 0.1) is 26.1 Å². The minimum Gasteiger partial charge on any atom is -0.329 e. The van der Waals surface area contributed by atoms with Crippen molar-refractivity contribution < 1.29 is 23.3 Å². The average Bonchev–Trinajstić information content (AvgIpc) is 2.62. The molecule has 0 aliphatic heterocycles. The Morgan fingerprint density at radius 3 is 2.04 bits per heavy atom. The first-order chi connectivity index (χ1) is 12.2. The van der Waals surface area contributed by atoms with E-state index >= 15 is 0 Å². The number of non-ortho nitro benzene ring substituents is 1. The highest BCUT2D eigenvalue weighted by Crippen LogP contribution is 2.15. The second kappa shape index (κ2) is 10.5. The first kappa shape index (κ1) is 21.6. The summed E-state index contributed by atoms with van der Waals surface area (Å²) in [6.07, 6.45) is 0. The molecule has 26 heavy (non-hydrogen) atoms. The van der Waals surface area contributed by atoms with Crippen LogP contribution in [0.25, 0.3) is 0 Å². The van der Waals surface area contributed by atoms with Gasteiger partial charge in [0, 0.05) is 23.3 Å². The van der Waals surface area contributed by atoms with Gasteiger partial charge in [-0.1, -0.05) is 30.3 Å². The van der Waals surface area contributed by atoms with Crippen molar-refractivity contribution >= 4 is 20.2 Å². The Morgan fingerprint density at radius 2 is 1.58 bits per heavy atom. The van der Waals surface area contributed by atoms with Crippen molar-refractivity contribution in [2.24, 2.45) is 0 Å². The molecule has 0 heterocycles. The summed E-state index contributed by atoms with van der Waals surface area (Å²) in [7, 11) is 5.96. The summed E-state index contributed by atoms with van der Waals surface area (Å²) < 4.78 is 15.2. The summed E-state index contributed by atoms with van der Waals surface area (Å²) in [6.45, 7) is 1.43. The molecule has 0 aliphatic carbocycles. The molecule has 2 aromatic carbocycles. The minimum atomic E-state index is -0.489. The Balaban J connectivity index is 0.000000321. The Kier molecular flexibility index (Phi) is 8.72. The van der Waals surface area contributed by atoms with Gasteiger partial charge in [-0.25, -0.2) is 4.57 Å². The molecule has 0 amide bonds. The molecule has 0 spiro atoms.